The molecule has 0 aliphatic carbocycles. The number of hydrogen-bond acceptors (Lipinski definition) is 3. The van der Waals surface area contributed by atoms with E-state index >= 15 is 0 Å². The van der Waals surface area contributed by atoms with Gasteiger partial charge in [-0.2, -0.15) is 26.3 Å². The second-order valence-electron chi connectivity index (χ2n) is 5.14. The molecule has 29 heavy (non-hydrogen) atoms. The smallest absolute Gasteiger partial charge is 0.746 e. The van der Waals surface area contributed by atoms with Crippen LogP contribution in [0.1, 0.15) is 0 Å². The summed E-state index contributed by atoms with van der Waals surface area (Å²) in [7, 11) is -7.06. The second-order valence-corrected chi connectivity index (χ2v) is 6.54. The van der Waals surface area contributed by atoms with Crippen LogP contribution in [0.4, 0.5) is 61.5 Å². The first-order chi connectivity index (χ1) is 12.2. The summed E-state index contributed by atoms with van der Waals surface area (Å²) < 4.78 is 210. The first-order valence-corrected chi connectivity index (χ1v) is 7.83. The molecule has 0 aromatic carbocycles. The molecule has 0 amide bonds. The van der Waals surface area contributed by atoms with Crippen molar-refractivity contribution in [2.24, 2.45) is 0 Å². The monoisotopic (exact) mass is 480 g/mol. The van der Waals surface area contributed by atoms with Crippen LogP contribution in [0, 0.1) is 0 Å². The minimum absolute atomic E-state index is 0. The Morgan fingerprint density at radius 1 is 0.621 bits per heavy atom. The van der Waals surface area contributed by atoms with Crippen LogP contribution in [0.5, 0.6) is 0 Å². The quantitative estimate of drug-likeness (QED) is 0.263. The van der Waals surface area contributed by atoms with Crippen LogP contribution < -0.4 is 18.9 Å². The van der Waals surface area contributed by atoms with Crippen molar-refractivity contribution in [3.8, 4) is 0 Å². The Morgan fingerprint density at radius 2 is 0.966 bits per heavy atom. The summed E-state index contributed by atoms with van der Waals surface area (Å²) in [6, 6.07) is 0. The van der Waals surface area contributed by atoms with Gasteiger partial charge in [-0.1, -0.05) is 0 Å². The number of halogens is 14. The summed E-state index contributed by atoms with van der Waals surface area (Å²) in [5.74, 6) is -22.0. The largest absolute Gasteiger partial charge is 1.00 e. The molecule has 6 unspecified atom stereocenters. The van der Waals surface area contributed by atoms with Crippen molar-refractivity contribution >= 4 is 10.1 Å². The van der Waals surface area contributed by atoms with E-state index in [0.717, 1.165) is 0 Å². The van der Waals surface area contributed by atoms with Crippen LogP contribution in [0.3, 0.4) is 0 Å². The van der Waals surface area contributed by atoms with E-state index in [-0.39, 0.29) is 18.9 Å². The fourth-order valence-electron chi connectivity index (χ4n) is 1.57. The first-order valence-electron chi connectivity index (χ1n) is 6.36. The van der Waals surface area contributed by atoms with Gasteiger partial charge >= 0.3 is 36.6 Å². The van der Waals surface area contributed by atoms with Gasteiger partial charge in [-0.25, -0.2) is 43.5 Å². The maximum atomic E-state index is 13.2. The summed E-state index contributed by atoms with van der Waals surface area (Å²) in [5, 5.41) is 0. The molecular weight excluding hydrogens is 473 g/mol. The van der Waals surface area contributed by atoms with Gasteiger partial charge in [0.1, 0.15) is 10.1 Å². The third-order valence-corrected chi connectivity index (χ3v) is 3.96. The molecule has 0 rings (SSSR count). The number of rotatable bonds is 10. The molecule has 0 radical (unpaired) electrons. The standard InChI is InChI=1S/C10H8F14O3S.Li/c11-1(2(12)4(14)6(16)17)3(13)5(15)8(19,20)10(23,24)9(21,22)7(18)28(25,26)27;/h1-7H,(H,25,26,27);/q;+1/p-1. The molecule has 170 valence electrons. The van der Waals surface area contributed by atoms with Gasteiger partial charge < -0.3 is 4.55 Å². The summed E-state index contributed by atoms with van der Waals surface area (Å²) in [6.45, 7) is 0. The van der Waals surface area contributed by atoms with Crippen molar-refractivity contribution in [2.45, 2.75) is 60.6 Å². The van der Waals surface area contributed by atoms with Gasteiger partial charge in [0.05, 0.1) is 0 Å². The Morgan fingerprint density at radius 3 is 1.28 bits per heavy atom. The molecule has 0 fully saturated rings. The van der Waals surface area contributed by atoms with Crippen LogP contribution in [-0.2, 0) is 10.1 Å². The molecule has 0 aliphatic heterocycles. The van der Waals surface area contributed by atoms with Crippen molar-refractivity contribution in [2.75, 3.05) is 0 Å². The van der Waals surface area contributed by atoms with Gasteiger partial charge in [-0.3, -0.25) is 0 Å². The molecule has 19 heteroatoms. The normalized spacial score (nSPS) is 20.4. The molecular formula is C10H7F14LiO3S. The Labute approximate surface area is 164 Å². The van der Waals surface area contributed by atoms with Crippen molar-refractivity contribution in [1.82, 2.24) is 0 Å². The van der Waals surface area contributed by atoms with E-state index < -0.39 is 70.7 Å². The third-order valence-electron chi connectivity index (χ3n) is 3.16. The molecule has 0 saturated carbocycles. The van der Waals surface area contributed by atoms with Crippen molar-refractivity contribution in [3.05, 3.63) is 0 Å². The van der Waals surface area contributed by atoms with E-state index in [4.69, 9.17) is 0 Å². The Balaban J connectivity index is 0. The van der Waals surface area contributed by atoms with Crippen LogP contribution in [0.2, 0.25) is 0 Å². The Kier molecular flexibility index (Phi) is 10.3. The number of hydrogen-bond donors (Lipinski definition) is 0. The van der Waals surface area contributed by atoms with E-state index in [1.165, 1.54) is 0 Å². The van der Waals surface area contributed by atoms with E-state index in [1.54, 1.807) is 0 Å². The van der Waals surface area contributed by atoms with Crippen molar-refractivity contribution in [3.63, 3.8) is 0 Å². The Bertz CT molecular complexity index is 631. The number of alkyl halides is 14. The maximum absolute atomic E-state index is 13.2. The van der Waals surface area contributed by atoms with Gasteiger partial charge in [0.15, 0.2) is 24.7 Å². The fraction of sp³-hybridized carbons (Fsp3) is 1.00. The van der Waals surface area contributed by atoms with Gasteiger partial charge in [-0.05, 0) is 0 Å². The van der Waals surface area contributed by atoms with Gasteiger partial charge in [0, 0.05) is 0 Å². The first kappa shape index (κ1) is 30.7. The zero-order chi connectivity index (χ0) is 23.0. The Hall–Kier alpha value is -0.473. The van der Waals surface area contributed by atoms with E-state index in [0.29, 0.717) is 0 Å². The molecule has 0 heterocycles. The average Bonchev–Trinajstić information content (AvgIpc) is 2.55. The van der Waals surface area contributed by atoms with Crippen LogP contribution >= 0.6 is 0 Å². The molecule has 0 spiro atoms. The minimum atomic E-state index is -7.54. The molecule has 6 atom stereocenters. The predicted molar refractivity (Wildman–Crippen MR) is 59.9 cm³/mol. The summed E-state index contributed by atoms with van der Waals surface area (Å²) in [5.41, 5.74) is -5.62. The molecule has 0 N–H and O–H groups in total. The fourth-order valence-corrected chi connectivity index (χ4v) is 2.08. The predicted octanol–water partition coefficient (Wildman–Crippen LogP) is 0.693. The molecule has 3 nitrogen and oxygen atoms in total. The van der Waals surface area contributed by atoms with Gasteiger partial charge in [0.2, 0.25) is 6.17 Å². The molecule has 0 aromatic heterocycles. The van der Waals surface area contributed by atoms with E-state index in [2.05, 4.69) is 0 Å². The van der Waals surface area contributed by atoms with Gasteiger partial charge in [-0.15, -0.1) is 0 Å². The van der Waals surface area contributed by atoms with E-state index in [9.17, 15) is 74.4 Å². The summed E-state index contributed by atoms with van der Waals surface area (Å²) >= 11 is 0. The van der Waals surface area contributed by atoms with Crippen molar-refractivity contribution < 1.29 is 93.3 Å². The maximum Gasteiger partial charge on any atom is 1.00 e. The van der Waals surface area contributed by atoms with Gasteiger partial charge in [0.25, 0.3) is 11.9 Å². The minimum Gasteiger partial charge on any atom is -0.746 e. The van der Waals surface area contributed by atoms with Crippen LogP contribution in [0.15, 0.2) is 0 Å². The zero-order valence-corrected chi connectivity index (χ0v) is 14.3. The zero-order valence-electron chi connectivity index (χ0n) is 13.5. The van der Waals surface area contributed by atoms with Crippen LogP contribution in [0.25, 0.3) is 0 Å². The molecule has 0 aliphatic rings. The summed E-state index contributed by atoms with van der Waals surface area (Å²) in [4.78, 5) is 0. The summed E-state index contributed by atoms with van der Waals surface area (Å²) in [6.07, 6.45) is -28.3. The topological polar surface area (TPSA) is 57.2 Å². The van der Waals surface area contributed by atoms with E-state index in [1.807, 2.05) is 0 Å². The molecule has 0 bridgehead atoms. The second kappa shape index (κ2) is 9.77. The average molecular weight is 480 g/mol. The SMILES string of the molecule is O=S(=O)([O-])C(F)C(F)(F)C(F)(F)C(F)(F)C(F)C(F)C(F)C(F)C(F)C(F)F.[Li+]. The van der Waals surface area contributed by atoms with Crippen LogP contribution in [-0.4, -0.2) is 73.5 Å². The molecule has 0 saturated heterocycles. The van der Waals surface area contributed by atoms with Crippen molar-refractivity contribution in [1.29, 1.82) is 0 Å². The molecule has 0 aromatic rings. The third kappa shape index (κ3) is 5.82.